The molecule has 14 heavy (non-hydrogen) atoms. The Hall–Kier alpha value is -1.65. The van der Waals surface area contributed by atoms with Crippen LogP contribution in [0.25, 0.3) is 11.2 Å². The Balaban J connectivity index is 2.50. The first-order valence-electron chi connectivity index (χ1n) is 4.76. The second-order valence-corrected chi connectivity index (χ2v) is 3.24. The maximum Gasteiger partial charge on any atom is 0.173 e. The van der Waals surface area contributed by atoms with E-state index in [4.69, 9.17) is 5.41 Å². The molecule has 2 aromatic heterocycles. The third-order valence-corrected chi connectivity index (χ3v) is 2.21. The molecular formula is C9H13N5. The van der Waals surface area contributed by atoms with Crippen molar-refractivity contribution < 1.29 is 0 Å². The standard InChI is InChI=1S/C9H13N5/c1-2-3-4-14-6-13-8(10)7-9(14)12-5-11-7/h5-6,10H,2-4H2,1H3,(H,11,12). The summed E-state index contributed by atoms with van der Waals surface area (Å²) in [4.78, 5) is 11.1. The first-order chi connectivity index (χ1) is 6.83. The number of aromatic nitrogens is 4. The summed E-state index contributed by atoms with van der Waals surface area (Å²) in [6.45, 7) is 3.06. The lowest BCUT2D eigenvalue weighted by Gasteiger charge is -2.04. The Labute approximate surface area is 81.3 Å². The van der Waals surface area contributed by atoms with E-state index in [0.29, 0.717) is 5.52 Å². The molecule has 0 aliphatic heterocycles. The second-order valence-electron chi connectivity index (χ2n) is 3.24. The molecule has 0 atom stereocenters. The fraction of sp³-hybridized carbons (Fsp3) is 0.444. The summed E-state index contributed by atoms with van der Waals surface area (Å²) in [5.74, 6) is 0. The Morgan fingerprint density at radius 2 is 2.36 bits per heavy atom. The van der Waals surface area contributed by atoms with E-state index >= 15 is 0 Å². The van der Waals surface area contributed by atoms with E-state index in [1.165, 1.54) is 0 Å². The maximum absolute atomic E-state index is 7.56. The Morgan fingerprint density at radius 3 is 3.14 bits per heavy atom. The molecule has 0 saturated heterocycles. The van der Waals surface area contributed by atoms with Crippen molar-refractivity contribution in [2.75, 3.05) is 0 Å². The summed E-state index contributed by atoms with van der Waals surface area (Å²) in [5, 5.41) is 7.56. The number of hydrogen-bond donors (Lipinski definition) is 2. The van der Waals surface area contributed by atoms with Crippen molar-refractivity contribution in [1.29, 1.82) is 5.41 Å². The van der Waals surface area contributed by atoms with Crippen LogP contribution in [0.5, 0.6) is 0 Å². The van der Waals surface area contributed by atoms with Crippen LogP contribution in [0.4, 0.5) is 0 Å². The molecule has 0 spiro atoms. The zero-order valence-electron chi connectivity index (χ0n) is 8.12. The lowest BCUT2D eigenvalue weighted by molar-refractivity contribution is 0.631. The van der Waals surface area contributed by atoms with Crippen LogP contribution in [-0.2, 0) is 6.54 Å². The highest BCUT2D eigenvalue weighted by Gasteiger charge is 2.02. The van der Waals surface area contributed by atoms with Crippen LogP contribution < -0.4 is 5.49 Å². The van der Waals surface area contributed by atoms with Crippen molar-refractivity contribution in [3.05, 3.63) is 18.1 Å². The summed E-state index contributed by atoms with van der Waals surface area (Å²) in [5.41, 5.74) is 1.78. The monoisotopic (exact) mass is 191 g/mol. The topological polar surface area (TPSA) is 70.3 Å². The number of H-pyrrole nitrogens is 1. The summed E-state index contributed by atoms with van der Waals surface area (Å²) >= 11 is 0. The zero-order chi connectivity index (χ0) is 9.97. The molecule has 5 nitrogen and oxygen atoms in total. The molecule has 2 N–H and O–H groups in total. The average Bonchev–Trinajstić information content (AvgIpc) is 2.66. The van der Waals surface area contributed by atoms with Gasteiger partial charge in [0.15, 0.2) is 11.1 Å². The molecule has 2 rings (SSSR count). The Kier molecular flexibility index (Phi) is 2.30. The zero-order valence-corrected chi connectivity index (χ0v) is 8.12. The molecule has 2 heterocycles. The van der Waals surface area contributed by atoms with Crippen LogP contribution in [0.3, 0.4) is 0 Å². The minimum atomic E-state index is 0.255. The molecule has 0 bridgehead atoms. The van der Waals surface area contributed by atoms with Crippen LogP contribution in [-0.4, -0.2) is 19.5 Å². The van der Waals surface area contributed by atoms with Gasteiger partial charge in [0.1, 0.15) is 5.52 Å². The predicted octanol–water partition coefficient (Wildman–Crippen LogP) is 1.04. The van der Waals surface area contributed by atoms with Crippen LogP contribution in [0.15, 0.2) is 12.7 Å². The number of fused-ring (bicyclic) bond motifs is 1. The van der Waals surface area contributed by atoms with Gasteiger partial charge in [0.2, 0.25) is 0 Å². The third kappa shape index (κ3) is 1.41. The van der Waals surface area contributed by atoms with Gasteiger partial charge in [-0.3, -0.25) is 5.41 Å². The Morgan fingerprint density at radius 1 is 1.50 bits per heavy atom. The second kappa shape index (κ2) is 3.61. The van der Waals surface area contributed by atoms with Crippen molar-refractivity contribution in [2.24, 2.45) is 0 Å². The molecule has 0 aliphatic carbocycles. The molecule has 0 radical (unpaired) electrons. The molecule has 0 fully saturated rings. The van der Waals surface area contributed by atoms with Gasteiger partial charge in [-0.05, 0) is 6.42 Å². The number of unbranched alkanes of at least 4 members (excludes halogenated alkanes) is 1. The first-order valence-corrected chi connectivity index (χ1v) is 4.76. The van der Waals surface area contributed by atoms with Gasteiger partial charge >= 0.3 is 0 Å². The number of nitrogens with one attached hydrogen (secondary N) is 2. The number of rotatable bonds is 3. The molecule has 5 heteroatoms. The largest absolute Gasteiger partial charge is 0.340 e. The molecule has 0 unspecified atom stereocenters. The molecule has 0 aromatic carbocycles. The summed E-state index contributed by atoms with van der Waals surface area (Å²) in [7, 11) is 0. The molecule has 74 valence electrons. The summed E-state index contributed by atoms with van der Waals surface area (Å²) in [6.07, 6.45) is 5.53. The van der Waals surface area contributed by atoms with Crippen molar-refractivity contribution in [3.63, 3.8) is 0 Å². The minimum absolute atomic E-state index is 0.255. The van der Waals surface area contributed by atoms with Gasteiger partial charge < -0.3 is 9.55 Å². The predicted molar refractivity (Wildman–Crippen MR) is 52.6 cm³/mol. The number of hydrogen-bond acceptors (Lipinski definition) is 3. The fourth-order valence-electron chi connectivity index (χ4n) is 1.42. The molecular weight excluding hydrogens is 178 g/mol. The summed E-state index contributed by atoms with van der Waals surface area (Å²) in [6, 6.07) is 0. The van der Waals surface area contributed by atoms with Crippen LogP contribution in [0.1, 0.15) is 19.8 Å². The van der Waals surface area contributed by atoms with Gasteiger partial charge in [-0.25, -0.2) is 9.97 Å². The SMILES string of the molecule is CCCCn1cnc(=N)c2[nH]cnc21. The van der Waals surface area contributed by atoms with E-state index < -0.39 is 0 Å². The number of aromatic amines is 1. The highest BCUT2D eigenvalue weighted by molar-refractivity contribution is 5.68. The minimum Gasteiger partial charge on any atom is -0.340 e. The van der Waals surface area contributed by atoms with E-state index in [9.17, 15) is 0 Å². The van der Waals surface area contributed by atoms with Crippen molar-refractivity contribution in [1.82, 2.24) is 19.5 Å². The van der Waals surface area contributed by atoms with E-state index in [-0.39, 0.29) is 5.49 Å². The van der Waals surface area contributed by atoms with Crippen molar-refractivity contribution in [3.8, 4) is 0 Å². The highest BCUT2D eigenvalue weighted by Crippen LogP contribution is 2.04. The molecule has 2 aromatic rings. The fourth-order valence-corrected chi connectivity index (χ4v) is 1.42. The van der Waals surface area contributed by atoms with E-state index in [0.717, 1.165) is 25.0 Å². The van der Waals surface area contributed by atoms with E-state index in [1.54, 1.807) is 12.7 Å². The van der Waals surface area contributed by atoms with Crippen LogP contribution in [0, 0.1) is 5.41 Å². The third-order valence-electron chi connectivity index (χ3n) is 2.21. The van der Waals surface area contributed by atoms with Crippen LogP contribution >= 0.6 is 0 Å². The number of nitrogens with zero attached hydrogens (tertiary/aromatic N) is 3. The molecule has 0 aliphatic rings. The van der Waals surface area contributed by atoms with E-state index in [1.807, 2.05) is 4.57 Å². The van der Waals surface area contributed by atoms with Gasteiger partial charge in [0, 0.05) is 6.54 Å². The van der Waals surface area contributed by atoms with Crippen LogP contribution in [0.2, 0.25) is 0 Å². The highest BCUT2D eigenvalue weighted by atomic mass is 15.1. The smallest absolute Gasteiger partial charge is 0.173 e. The van der Waals surface area contributed by atoms with Gasteiger partial charge in [-0.2, -0.15) is 0 Å². The summed E-state index contributed by atoms with van der Waals surface area (Å²) < 4.78 is 1.98. The van der Waals surface area contributed by atoms with Gasteiger partial charge in [0.05, 0.1) is 12.7 Å². The van der Waals surface area contributed by atoms with Gasteiger partial charge in [-0.1, -0.05) is 13.3 Å². The first kappa shape index (κ1) is 8.93. The number of imidazole rings is 1. The quantitative estimate of drug-likeness (QED) is 0.761. The van der Waals surface area contributed by atoms with Crippen molar-refractivity contribution >= 4 is 11.2 Å². The van der Waals surface area contributed by atoms with Gasteiger partial charge in [0.25, 0.3) is 0 Å². The molecule has 0 amide bonds. The maximum atomic E-state index is 7.56. The normalized spacial score (nSPS) is 10.9. The lowest BCUT2D eigenvalue weighted by atomic mass is 10.3. The lowest BCUT2D eigenvalue weighted by Crippen LogP contribution is -2.12. The number of aryl methyl sites for hydroxylation is 1. The average molecular weight is 191 g/mol. The van der Waals surface area contributed by atoms with Crippen molar-refractivity contribution in [2.45, 2.75) is 26.3 Å². The van der Waals surface area contributed by atoms with E-state index in [2.05, 4.69) is 21.9 Å². The Bertz CT molecular complexity index is 481. The van der Waals surface area contributed by atoms with Gasteiger partial charge in [-0.15, -0.1) is 0 Å². The molecule has 0 saturated carbocycles.